The lowest BCUT2D eigenvalue weighted by Gasteiger charge is -2.02. The van der Waals surface area contributed by atoms with E-state index in [0.717, 1.165) is 16.3 Å². The van der Waals surface area contributed by atoms with E-state index in [2.05, 4.69) is 10.5 Å². The number of carbonyl (C=O) groups is 1. The second-order valence-electron chi connectivity index (χ2n) is 5.07. The lowest BCUT2D eigenvalue weighted by molar-refractivity contribution is -0.384. The molecule has 0 fully saturated rings. The molecule has 0 spiro atoms. The number of nitrogens with zero attached hydrogens (tertiary/aromatic N) is 2. The normalized spacial score (nSPS) is 10.8. The molecule has 0 unspecified atom stereocenters. The number of carbonyl (C=O) groups excluding carboxylic acids is 1. The fourth-order valence-corrected chi connectivity index (χ4v) is 2.35. The molecule has 0 atom stereocenters. The average molecular weight is 319 g/mol. The lowest BCUT2D eigenvalue weighted by Crippen LogP contribution is -2.17. The number of nitrogens with one attached hydrogen (secondary N) is 1. The molecule has 0 heterocycles. The highest BCUT2D eigenvalue weighted by Crippen LogP contribution is 2.17. The van der Waals surface area contributed by atoms with Crippen molar-refractivity contribution >= 4 is 28.6 Å². The van der Waals surface area contributed by atoms with Crippen molar-refractivity contribution in [3.8, 4) is 0 Å². The SMILES string of the molecule is O=C(N/N=C/c1cccc2ccccc12)c1cccc([N+](=O)[O-])c1. The van der Waals surface area contributed by atoms with Crippen LogP contribution in [0.2, 0.25) is 0 Å². The summed E-state index contributed by atoms with van der Waals surface area (Å²) in [4.78, 5) is 22.2. The van der Waals surface area contributed by atoms with Gasteiger partial charge in [-0.15, -0.1) is 0 Å². The minimum Gasteiger partial charge on any atom is -0.267 e. The Morgan fingerprint density at radius 3 is 2.62 bits per heavy atom. The zero-order chi connectivity index (χ0) is 16.9. The first-order valence-corrected chi connectivity index (χ1v) is 7.21. The van der Waals surface area contributed by atoms with Crippen LogP contribution in [0.15, 0.2) is 71.8 Å². The van der Waals surface area contributed by atoms with Crippen LogP contribution in [-0.2, 0) is 0 Å². The number of benzene rings is 3. The molecule has 0 aliphatic carbocycles. The van der Waals surface area contributed by atoms with Gasteiger partial charge in [0.15, 0.2) is 0 Å². The van der Waals surface area contributed by atoms with Crippen LogP contribution in [0.4, 0.5) is 5.69 Å². The summed E-state index contributed by atoms with van der Waals surface area (Å²) in [6, 6.07) is 19.1. The molecule has 6 nitrogen and oxygen atoms in total. The Bertz CT molecular complexity index is 946. The van der Waals surface area contributed by atoms with Gasteiger partial charge in [-0.2, -0.15) is 5.10 Å². The fourth-order valence-electron chi connectivity index (χ4n) is 2.35. The predicted octanol–water partition coefficient (Wildman–Crippen LogP) is 3.51. The van der Waals surface area contributed by atoms with Crippen molar-refractivity contribution in [1.82, 2.24) is 5.43 Å². The molecule has 0 aliphatic rings. The van der Waals surface area contributed by atoms with Gasteiger partial charge in [-0.1, -0.05) is 48.5 Å². The summed E-state index contributed by atoms with van der Waals surface area (Å²) in [5.41, 5.74) is 3.30. The van der Waals surface area contributed by atoms with Crippen LogP contribution in [0.25, 0.3) is 10.8 Å². The van der Waals surface area contributed by atoms with E-state index in [0.29, 0.717) is 0 Å². The Labute approximate surface area is 137 Å². The molecule has 0 bridgehead atoms. The minimum absolute atomic E-state index is 0.138. The third-order valence-corrected chi connectivity index (χ3v) is 3.51. The molecule has 0 saturated heterocycles. The van der Waals surface area contributed by atoms with Gasteiger partial charge < -0.3 is 0 Å². The number of amides is 1. The maximum Gasteiger partial charge on any atom is 0.271 e. The minimum atomic E-state index is -0.545. The van der Waals surface area contributed by atoms with E-state index in [-0.39, 0.29) is 11.3 Å². The number of nitro groups is 1. The van der Waals surface area contributed by atoms with E-state index in [1.165, 1.54) is 24.3 Å². The molecular weight excluding hydrogens is 306 g/mol. The van der Waals surface area contributed by atoms with Gasteiger partial charge in [0.25, 0.3) is 11.6 Å². The van der Waals surface area contributed by atoms with Crippen LogP contribution in [-0.4, -0.2) is 17.0 Å². The van der Waals surface area contributed by atoms with Crippen LogP contribution in [0.1, 0.15) is 15.9 Å². The highest BCUT2D eigenvalue weighted by Gasteiger charge is 2.10. The molecule has 0 saturated carbocycles. The first kappa shape index (κ1) is 15.4. The number of non-ortho nitro benzene ring substituents is 1. The average Bonchev–Trinajstić information content (AvgIpc) is 2.62. The second kappa shape index (κ2) is 6.70. The zero-order valence-corrected chi connectivity index (χ0v) is 12.5. The van der Waals surface area contributed by atoms with Gasteiger partial charge in [0, 0.05) is 23.3 Å². The van der Waals surface area contributed by atoms with Gasteiger partial charge in [-0.05, 0) is 16.8 Å². The highest BCUT2D eigenvalue weighted by molar-refractivity contribution is 6.00. The van der Waals surface area contributed by atoms with E-state index >= 15 is 0 Å². The molecule has 0 aromatic heterocycles. The van der Waals surface area contributed by atoms with Crippen molar-refractivity contribution in [2.24, 2.45) is 5.10 Å². The van der Waals surface area contributed by atoms with Crippen LogP contribution in [0, 0.1) is 10.1 Å². The van der Waals surface area contributed by atoms with Gasteiger partial charge in [0.1, 0.15) is 0 Å². The van der Waals surface area contributed by atoms with Crippen molar-refractivity contribution < 1.29 is 9.72 Å². The van der Waals surface area contributed by atoms with Crippen LogP contribution in [0.5, 0.6) is 0 Å². The summed E-state index contributed by atoms with van der Waals surface area (Å²) < 4.78 is 0. The largest absolute Gasteiger partial charge is 0.271 e. The molecule has 24 heavy (non-hydrogen) atoms. The van der Waals surface area contributed by atoms with Gasteiger partial charge in [0.2, 0.25) is 0 Å². The molecule has 118 valence electrons. The molecule has 6 heteroatoms. The van der Waals surface area contributed by atoms with Gasteiger partial charge in [-0.25, -0.2) is 5.43 Å². The Kier molecular flexibility index (Phi) is 4.29. The molecule has 0 radical (unpaired) electrons. The Hall–Kier alpha value is -3.54. The lowest BCUT2D eigenvalue weighted by atomic mass is 10.1. The maximum atomic E-state index is 12.0. The Balaban J connectivity index is 1.77. The van der Waals surface area contributed by atoms with Gasteiger partial charge in [0.05, 0.1) is 11.1 Å². The van der Waals surface area contributed by atoms with E-state index in [1.54, 1.807) is 6.21 Å². The van der Waals surface area contributed by atoms with Crippen LogP contribution >= 0.6 is 0 Å². The van der Waals surface area contributed by atoms with E-state index in [1.807, 2.05) is 42.5 Å². The van der Waals surface area contributed by atoms with E-state index < -0.39 is 10.8 Å². The smallest absolute Gasteiger partial charge is 0.267 e. The van der Waals surface area contributed by atoms with Crippen molar-refractivity contribution in [3.05, 3.63) is 88.0 Å². The first-order valence-electron chi connectivity index (χ1n) is 7.21. The predicted molar refractivity (Wildman–Crippen MR) is 92.1 cm³/mol. The Morgan fingerprint density at radius 2 is 1.79 bits per heavy atom. The monoisotopic (exact) mass is 319 g/mol. The summed E-state index contributed by atoms with van der Waals surface area (Å²) >= 11 is 0. The van der Waals surface area contributed by atoms with E-state index in [9.17, 15) is 14.9 Å². The van der Waals surface area contributed by atoms with Crippen LogP contribution in [0.3, 0.4) is 0 Å². The van der Waals surface area contributed by atoms with E-state index in [4.69, 9.17) is 0 Å². The van der Waals surface area contributed by atoms with Crippen molar-refractivity contribution in [1.29, 1.82) is 0 Å². The molecule has 3 aromatic carbocycles. The maximum absolute atomic E-state index is 12.0. The second-order valence-corrected chi connectivity index (χ2v) is 5.07. The standard InChI is InChI=1S/C18H13N3O3/c22-18(14-7-4-9-16(11-14)21(23)24)20-19-12-15-8-3-6-13-5-1-2-10-17(13)15/h1-12H,(H,20,22)/b19-12+. The third-order valence-electron chi connectivity index (χ3n) is 3.51. The molecule has 1 amide bonds. The topological polar surface area (TPSA) is 84.6 Å². The van der Waals surface area contributed by atoms with Gasteiger partial charge >= 0.3 is 0 Å². The fraction of sp³-hybridized carbons (Fsp3) is 0. The molecule has 3 rings (SSSR count). The Morgan fingerprint density at radius 1 is 1.04 bits per heavy atom. The zero-order valence-electron chi connectivity index (χ0n) is 12.5. The van der Waals surface area contributed by atoms with Crippen molar-refractivity contribution in [3.63, 3.8) is 0 Å². The summed E-state index contributed by atoms with van der Waals surface area (Å²) in [5.74, 6) is -0.504. The van der Waals surface area contributed by atoms with Crippen molar-refractivity contribution in [2.45, 2.75) is 0 Å². The number of hydrazone groups is 1. The van der Waals surface area contributed by atoms with Crippen LogP contribution < -0.4 is 5.43 Å². The number of rotatable bonds is 4. The number of nitro benzene ring substituents is 1. The third kappa shape index (κ3) is 3.27. The number of hydrogen-bond acceptors (Lipinski definition) is 4. The molecular formula is C18H13N3O3. The number of hydrogen-bond donors (Lipinski definition) is 1. The molecule has 0 aliphatic heterocycles. The molecule has 1 N–H and O–H groups in total. The quantitative estimate of drug-likeness (QED) is 0.453. The summed E-state index contributed by atoms with van der Waals surface area (Å²) in [6.45, 7) is 0. The number of fused-ring (bicyclic) bond motifs is 1. The first-order chi connectivity index (χ1) is 11.6. The summed E-state index contributed by atoms with van der Waals surface area (Å²) in [5, 5.41) is 16.8. The summed E-state index contributed by atoms with van der Waals surface area (Å²) in [7, 11) is 0. The molecule has 3 aromatic rings. The summed E-state index contributed by atoms with van der Waals surface area (Å²) in [6.07, 6.45) is 1.55. The van der Waals surface area contributed by atoms with Crippen molar-refractivity contribution in [2.75, 3.05) is 0 Å². The van der Waals surface area contributed by atoms with Gasteiger partial charge in [-0.3, -0.25) is 14.9 Å². The highest BCUT2D eigenvalue weighted by atomic mass is 16.6.